The van der Waals surface area contributed by atoms with Crippen LogP contribution in [0.2, 0.25) is 0 Å². The van der Waals surface area contributed by atoms with Crippen molar-refractivity contribution in [3.05, 3.63) is 36.0 Å². The van der Waals surface area contributed by atoms with E-state index in [-0.39, 0.29) is 0 Å². The lowest BCUT2D eigenvalue weighted by atomic mass is 9.89. The van der Waals surface area contributed by atoms with Crippen molar-refractivity contribution in [1.82, 2.24) is 9.88 Å². The van der Waals surface area contributed by atoms with Gasteiger partial charge in [-0.15, -0.1) is 0 Å². The summed E-state index contributed by atoms with van der Waals surface area (Å²) >= 11 is 0. The minimum Gasteiger partial charge on any atom is -0.350 e. The van der Waals surface area contributed by atoms with Crippen LogP contribution >= 0.6 is 0 Å². The zero-order chi connectivity index (χ0) is 13.1. The standard InChI is InChI=1S/C16H24N2/c1-12(2)13(10-17-3)9-14-11-18(4)16-8-6-5-7-15(14)16/h5-8,11-13,17H,9-10H2,1-4H3. The van der Waals surface area contributed by atoms with E-state index in [1.165, 1.54) is 16.5 Å². The van der Waals surface area contributed by atoms with Crippen molar-refractivity contribution in [3.8, 4) is 0 Å². The molecular weight excluding hydrogens is 220 g/mol. The number of nitrogens with zero attached hydrogens (tertiary/aromatic N) is 1. The Labute approximate surface area is 110 Å². The minimum atomic E-state index is 0.695. The van der Waals surface area contributed by atoms with Crippen LogP contribution in [0.25, 0.3) is 10.9 Å². The first-order chi connectivity index (χ1) is 8.63. The molecule has 98 valence electrons. The first kappa shape index (κ1) is 13.2. The number of nitrogens with one attached hydrogen (secondary N) is 1. The summed E-state index contributed by atoms with van der Waals surface area (Å²) in [5, 5.41) is 4.72. The highest BCUT2D eigenvalue weighted by Gasteiger charge is 2.16. The Balaban J connectivity index is 2.30. The third kappa shape index (κ3) is 2.59. The average molecular weight is 244 g/mol. The van der Waals surface area contributed by atoms with Gasteiger partial charge in [-0.05, 0) is 43.5 Å². The van der Waals surface area contributed by atoms with Crippen molar-refractivity contribution < 1.29 is 0 Å². The topological polar surface area (TPSA) is 17.0 Å². The quantitative estimate of drug-likeness (QED) is 0.854. The molecule has 1 heterocycles. The second-order valence-electron chi connectivity index (χ2n) is 5.55. The van der Waals surface area contributed by atoms with Crippen molar-refractivity contribution in [2.24, 2.45) is 18.9 Å². The number of rotatable bonds is 5. The van der Waals surface area contributed by atoms with E-state index < -0.39 is 0 Å². The molecule has 0 aliphatic rings. The van der Waals surface area contributed by atoms with Crippen LogP contribution in [-0.2, 0) is 13.5 Å². The molecule has 1 aromatic heterocycles. The highest BCUT2D eigenvalue weighted by molar-refractivity contribution is 5.83. The smallest absolute Gasteiger partial charge is 0.0480 e. The van der Waals surface area contributed by atoms with Crippen LogP contribution < -0.4 is 5.32 Å². The summed E-state index contributed by atoms with van der Waals surface area (Å²) in [7, 11) is 4.17. The predicted molar refractivity (Wildman–Crippen MR) is 78.9 cm³/mol. The van der Waals surface area contributed by atoms with E-state index in [0.717, 1.165) is 13.0 Å². The Morgan fingerprint density at radius 1 is 1.22 bits per heavy atom. The summed E-state index contributed by atoms with van der Waals surface area (Å²) in [6.07, 6.45) is 3.44. The van der Waals surface area contributed by atoms with E-state index in [1.54, 1.807) is 0 Å². The first-order valence-corrected chi connectivity index (χ1v) is 6.81. The molecule has 1 atom stereocenters. The summed E-state index contributed by atoms with van der Waals surface area (Å²) in [6.45, 7) is 5.71. The van der Waals surface area contributed by atoms with Crippen LogP contribution in [-0.4, -0.2) is 18.2 Å². The lowest BCUT2D eigenvalue weighted by molar-refractivity contribution is 0.371. The highest BCUT2D eigenvalue weighted by atomic mass is 14.9. The van der Waals surface area contributed by atoms with Gasteiger partial charge in [0.2, 0.25) is 0 Å². The number of para-hydroxylation sites is 1. The van der Waals surface area contributed by atoms with Crippen LogP contribution in [0.15, 0.2) is 30.5 Å². The van der Waals surface area contributed by atoms with Gasteiger partial charge in [0.15, 0.2) is 0 Å². The monoisotopic (exact) mass is 244 g/mol. The lowest BCUT2D eigenvalue weighted by Gasteiger charge is -2.20. The van der Waals surface area contributed by atoms with Gasteiger partial charge in [0.1, 0.15) is 0 Å². The summed E-state index contributed by atoms with van der Waals surface area (Å²) in [4.78, 5) is 0. The molecule has 0 aliphatic heterocycles. The molecule has 0 amide bonds. The molecule has 0 saturated heterocycles. The fourth-order valence-corrected chi connectivity index (χ4v) is 2.68. The first-order valence-electron chi connectivity index (χ1n) is 6.81. The van der Waals surface area contributed by atoms with E-state index >= 15 is 0 Å². The normalized spacial score (nSPS) is 13.4. The maximum Gasteiger partial charge on any atom is 0.0480 e. The maximum absolute atomic E-state index is 3.32. The summed E-state index contributed by atoms with van der Waals surface area (Å²) < 4.78 is 2.24. The second-order valence-corrected chi connectivity index (χ2v) is 5.55. The van der Waals surface area contributed by atoms with E-state index in [1.807, 2.05) is 7.05 Å². The number of hydrogen-bond donors (Lipinski definition) is 1. The molecule has 0 bridgehead atoms. The SMILES string of the molecule is CNCC(Cc1cn(C)c2ccccc12)C(C)C. The maximum atomic E-state index is 3.32. The van der Waals surface area contributed by atoms with Crippen LogP contribution in [0.3, 0.4) is 0 Å². The second kappa shape index (κ2) is 5.57. The average Bonchev–Trinajstić information content (AvgIpc) is 2.66. The summed E-state index contributed by atoms with van der Waals surface area (Å²) in [5.41, 5.74) is 2.81. The molecule has 0 spiro atoms. The van der Waals surface area contributed by atoms with E-state index in [0.29, 0.717) is 11.8 Å². The summed E-state index contributed by atoms with van der Waals surface area (Å²) in [6, 6.07) is 8.68. The van der Waals surface area contributed by atoms with Gasteiger partial charge in [0.25, 0.3) is 0 Å². The Bertz CT molecular complexity index is 511. The molecule has 2 rings (SSSR count). The van der Waals surface area contributed by atoms with E-state index in [2.05, 4.69) is 61.2 Å². The van der Waals surface area contributed by atoms with Gasteiger partial charge in [-0.3, -0.25) is 0 Å². The molecule has 1 unspecified atom stereocenters. The molecule has 1 aromatic carbocycles. The van der Waals surface area contributed by atoms with Crippen molar-refractivity contribution in [2.75, 3.05) is 13.6 Å². The summed E-state index contributed by atoms with van der Waals surface area (Å²) in [5.74, 6) is 1.40. The van der Waals surface area contributed by atoms with Crippen molar-refractivity contribution in [1.29, 1.82) is 0 Å². The molecule has 2 nitrogen and oxygen atoms in total. The third-order valence-corrected chi connectivity index (χ3v) is 3.87. The van der Waals surface area contributed by atoms with E-state index in [4.69, 9.17) is 0 Å². The Kier molecular flexibility index (Phi) is 4.07. The van der Waals surface area contributed by atoms with Gasteiger partial charge >= 0.3 is 0 Å². The van der Waals surface area contributed by atoms with Gasteiger partial charge in [-0.2, -0.15) is 0 Å². The Morgan fingerprint density at radius 2 is 1.94 bits per heavy atom. The van der Waals surface area contributed by atoms with Gasteiger partial charge in [0, 0.05) is 24.1 Å². The third-order valence-electron chi connectivity index (χ3n) is 3.87. The number of fused-ring (bicyclic) bond motifs is 1. The van der Waals surface area contributed by atoms with Crippen LogP contribution in [0.5, 0.6) is 0 Å². The minimum absolute atomic E-state index is 0.695. The van der Waals surface area contributed by atoms with Gasteiger partial charge in [-0.25, -0.2) is 0 Å². The Morgan fingerprint density at radius 3 is 2.61 bits per heavy atom. The van der Waals surface area contributed by atoms with Crippen molar-refractivity contribution in [3.63, 3.8) is 0 Å². The largest absolute Gasteiger partial charge is 0.350 e. The highest BCUT2D eigenvalue weighted by Crippen LogP contribution is 2.25. The lowest BCUT2D eigenvalue weighted by Crippen LogP contribution is -2.25. The molecule has 18 heavy (non-hydrogen) atoms. The number of benzene rings is 1. The number of hydrogen-bond acceptors (Lipinski definition) is 1. The predicted octanol–water partition coefficient (Wildman–Crippen LogP) is 3.21. The van der Waals surface area contributed by atoms with E-state index in [9.17, 15) is 0 Å². The fourth-order valence-electron chi connectivity index (χ4n) is 2.68. The van der Waals surface area contributed by atoms with Crippen LogP contribution in [0.4, 0.5) is 0 Å². The molecule has 0 radical (unpaired) electrons. The zero-order valence-corrected chi connectivity index (χ0v) is 11.9. The number of aromatic nitrogens is 1. The van der Waals surface area contributed by atoms with Gasteiger partial charge in [-0.1, -0.05) is 32.0 Å². The number of aryl methyl sites for hydroxylation is 1. The zero-order valence-electron chi connectivity index (χ0n) is 11.9. The van der Waals surface area contributed by atoms with Crippen molar-refractivity contribution >= 4 is 10.9 Å². The molecule has 0 saturated carbocycles. The molecular formula is C16H24N2. The van der Waals surface area contributed by atoms with Crippen LogP contribution in [0, 0.1) is 11.8 Å². The van der Waals surface area contributed by atoms with Crippen molar-refractivity contribution in [2.45, 2.75) is 20.3 Å². The molecule has 2 aromatic rings. The van der Waals surface area contributed by atoms with Gasteiger partial charge in [0.05, 0.1) is 0 Å². The molecule has 0 fully saturated rings. The van der Waals surface area contributed by atoms with Gasteiger partial charge < -0.3 is 9.88 Å². The fraction of sp³-hybridized carbons (Fsp3) is 0.500. The molecule has 0 aliphatic carbocycles. The molecule has 2 heteroatoms. The molecule has 1 N–H and O–H groups in total. The van der Waals surface area contributed by atoms with Crippen LogP contribution in [0.1, 0.15) is 19.4 Å². The Hall–Kier alpha value is -1.28.